The van der Waals surface area contributed by atoms with Gasteiger partial charge in [-0.3, -0.25) is 0 Å². The van der Waals surface area contributed by atoms with Crippen LogP contribution in [0.3, 0.4) is 0 Å². The topological polar surface area (TPSA) is 53.0 Å². The van der Waals surface area contributed by atoms with E-state index in [2.05, 4.69) is 0 Å². The maximum Gasteiger partial charge on any atom is 0.148 e. The molecule has 0 saturated carbocycles. The quantitative estimate of drug-likeness (QED) is 0.840. The van der Waals surface area contributed by atoms with E-state index in [-0.39, 0.29) is 6.67 Å². The number of rotatable bonds is 3. The maximum atomic E-state index is 13.9. The van der Waals surface area contributed by atoms with Crippen molar-refractivity contribution in [1.29, 1.82) is 5.26 Å². The number of hydrogen-bond acceptors (Lipinski definition) is 3. The van der Waals surface area contributed by atoms with Crippen LogP contribution in [0.1, 0.15) is 5.56 Å². The van der Waals surface area contributed by atoms with Crippen LogP contribution < -0.4 is 10.6 Å². The number of halogens is 1. The predicted octanol–water partition coefficient (Wildman–Crippen LogP) is 2.75. The number of anilines is 2. The maximum absolute atomic E-state index is 13.9. The number of nitrogens with zero attached hydrogens (tertiary/aromatic N) is 2. The first-order chi connectivity index (χ1) is 8.76. The molecule has 0 radical (unpaired) electrons. The van der Waals surface area contributed by atoms with Gasteiger partial charge in [-0.1, -0.05) is 18.2 Å². The van der Waals surface area contributed by atoms with Gasteiger partial charge in [-0.25, -0.2) is 4.39 Å². The summed E-state index contributed by atoms with van der Waals surface area (Å²) in [5.74, 6) is -0.455. The first kappa shape index (κ1) is 12.1. The van der Waals surface area contributed by atoms with Crippen LogP contribution in [0.4, 0.5) is 15.8 Å². The molecule has 4 heteroatoms. The first-order valence-corrected chi connectivity index (χ1v) is 5.48. The normalized spacial score (nSPS) is 9.83. The number of benzene rings is 2. The number of nitrogens with two attached hydrogens (primary N) is 1. The third-order valence-electron chi connectivity index (χ3n) is 2.62. The minimum absolute atomic E-state index is 0.160. The Morgan fingerprint density at radius 1 is 1.17 bits per heavy atom. The van der Waals surface area contributed by atoms with Crippen LogP contribution in [0.25, 0.3) is 0 Å². The summed E-state index contributed by atoms with van der Waals surface area (Å²) in [4.78, 5) is 1.65. The molecule has 0 fully saturated rings. The zero-order chi connectivity index (χ0) is 13.0. The second kappa shape index (κ2) is 5.30. The van der Waals surface area contributed by atoms with Crippen molar-refractivity contribution in [2.24, 2.45) is 5.73 Å². The van der Waals surface area contributed by atoms with E-state index in [1.807, 2.05) is 36.4 Å². The SMILES string of the molecule is N#Cc1ccc(N(CN)c2ccccc2)c(F)c1. The minimum Gasteiger partial charge on any atom is -0.326 e. The van der Waals surface area contributed by atoms with E-state index in [9.17, 15) is 4.39 Å². The van der Waals surface area contributed by atoms with Crippen molar-refractivity contribution >= 4 is 11.4 Å². The Balaban J connectivity index is 2.43. The molecule has 0 bridgehead atoms. The van der Waals surface area contributed by atoms with Crippen molar-refractivity contribution in [3.8, 4) is 6.07 Å². The summed E-state index contributed by atoms with van der Waals surface area (Å²) in [7, 11) is 0. The van der Waals surface area contributed by atoms with Crippen molar-refractivity contribution in [3.63, 3.8) is 0 Å². The molecule has 0 aromatic heterocycles. The van der Waals surface area contributed by atoms with E-state index >= 15 is 0 Å². The lowest BCUT2D eigenvalue weighted by Crippen LogP contribution is -2.25. The van der Waals surface area contributed by atoms with E-state index in [1.54, 1.807) is 17.0 Å². The van der Waals surface area contributed by atoms with Crippen LogP contribution in [0.5, 0.6) is 0 Å². The Morgan fingerprint density at radius 2 is 1.89 bits per heavy atom. The molecule has 18 heavy (non-hydrogen) atoms. The lowest BCUT2D eigenvalue weighted by atomic mass is 10.2. The Kier molecular flexibility index (Phi) is 3.56. The van der Waals surface area contributed by atoms with Crippen LogP contribution >= 0.6 is 0 Å². The molecular weight excluding hydrogens is 229 g/mol. The zero-order valence-corrected chi connectivity index (χ0v) is 9.68. The summed E-state index contributed by atoms with van der Waals surface area (Å²) >= 11 is 0. The molecule has 3 nitrogen and oxygen atoms in total. The summed E-state index contributed by atoms with van der Waals surface area (Å²) in [6.07, 6.45) is 0. The molecule has 2 rings (SSSR count). The van der Waals surface area contributed by atoms with Crippen molar-refractivity contribution in [2.75, 3.05) is 11.6 Å². The average molecular weight is 241 g/mol. The van der Waals surface area contributed by atoms with Crippen LogP contribution in [-0.2, 0) is 0 Å². The van der Waals surface area contributed by atoms with Gasteiger partial charge in [0, 0.05) is 5.69 Å². The second-order valence-corrected chi connectivity index (χ2v) is 3.72. The van der Waals surface area contributed by atoms with Crippen LogP contribution in [0, 0.1) is 17.1 Å². The second-order valence-electron chi connectivity index (χ2n) is 3.72. The standard InChI is InChI=1S/C14H12FN3/c15-13-8-11(9-16)6-7-14(13)18(10-17)12-4-2-1-3-5-12/h1-8H,10,17H2. The summed E-state index contributed by atoms with van der Waals surface area (Å²) in [6.45, 7) is 0.160. The monoisotopic (exact) mass is 241 g/mol. The van der Waals surface area contributed by atoms with E-state index in [1.165, 1.54) is 6.07 Å². The molecule has 0 heterocycles. The third-order valence-corrected chi connectivity index (χ3v) is 2.62. The van der Waals surface area contributed by atoms with Crippen molar-refractivity contribution in [2.45, 2.75) is 0 Å². The molecule has 0 amide bonds. The molecule has 2 N–H and O–H groups in total. The predicted molar refractivity (Wildman–Crippen MR) is 68.8 cm³/mol. The van der Waals surface area contributed by atoms with Gasteiger partial charge in [-0.2, -0.15) is 5.26 Å². The summed E-state index contributed by atoms with van der Waals surface area (Å²) in [6, 6.07) is 15.6. The van der Waals surface area contributed by atoms with Gasteiger partial charge < -0.3 is 10.6 Å². The molecule has 90 valence electrons. The Labute approximate surface area is 105 Å². The van der Waals surface area contributed by atoms with Crippen molar-refractivity contribution in [1.82, 2.24) is 0 Å². The molecule has 0 atom stereocenters. The number of nitriles is 1. The van der Waals surface area contributed by atoms with Crippen molar-refractivity contribution < 1.29 is 4.39 Å². The Morgan fingerprint density at radius 3 is 2.44 bits per heavy atom. The molecule has 0 unspecified atom stereocenters. The molecule has 2 aromatic rings. The van der Waals surface area contributed by atoms with Gasteiger partial charge >= 0.3 is 0 Å². The number of hydrogen-bond donors (Lipinski definition) is 1. The van der Waals surface area contributed by atoms with Crippen LogP contribution in [-0.4, -0.2) is 6.67 Å². The summed E-state index contributed by atoms with van der Waals surface area (Å²) in [5, 5.41) is 8.71. The minimum atomic E-state index is -0.455. The third kappa shape index (κ3) is 2.31. The zero-order valence-electron chi connectivity index (χ0n) is 9.68. The largest absolute Gasteiger partial charge is 0.326 e. The Hall–Kier alpha value is -2.38. The van der Waals surface area contributed by atoms with Crippen molar-refractivity contribution in [3.05, 3.63) is 59.9 Å². The molecule has 0 aliphatic heterocycles. The highest BCUT2D eigenvalue weighted by atomic mass is 19.1. The van der Waals surface area contributed by atoms with E-state index in [0.29, 0.717) is 11.3 Å². The summed E-state index contributed by atoms with van der Waals surface area (Å²) < 4.78 is 13.9. The fourth-order valence-electron chi connectivity index (χ4n) is 1.75. The van der Waals surface area contributed by atoms with Gasteiger partial charge in [0.2, 0.25) is 0 Å². The fraction of sp³-hybridized carbons (Fsp3) is 0.0714. The van der Waals surface area contributed by atoms with Crippen LogP contribution in [0.15, 0.2) is 48.5 Å². The highest BCUT2D eigenvalue weighted by Gasteiger charge is 2.12. The fourth-order valence-corrected chi connectivity index (χ4v) is 1.75. The number of para-hydroxylation sites is 1. The van der Waals surface area contributed by atoms with E-state index in [4.69, 9.17) is 11.0 Å². The smallest absolute Gasteiger partial charge is 0.148 e. The highest BCUT2D eigenvalue weighted by Crippen LogP contribution is 2.27. The molecule has 0 aliphatic carbocycles. The highest BCUT2D eigenvalue weighted by molar-refractivity contribution is 5.64. The van der Waals surface area contributed by atoms with Gasteiger partial charge in [0.1, 0.15) is 5.82 Å². The molecule has 2 aromatic carbocycles. The Bertz CT molecular complexity index is 575. The average Bonchev–Trinajstić information content (AvgIpc) is 2.42. The van der Waals surface area contributed by atoms with E-state index < -0.39 is 5.82 Å². The van der Waals surface area contributed by atoms with Crippen LogP contribution in [0.2, 0.25) is 0 Å². The molecule has 0 spiro atoms. The lowest BCUT2D eigenvalue weighted by Gasteiger charge is -2.23. The van der Waals surface area contributed by atoms with Gasteiger partial charge in [-0.05, 0) is 30.3 Å². The molecule has 0 aliphatic rings. The van der Waals surface area contributed by atoms with E-state index in [0.717, 1.165) is 5.69 Å². The summed E-state index contributed by atoms with van der Waals surface area (Å²) in [5.41, 5.74) is 7.14. The molecule has 0 saturated heterocycles. The van der Waals surface area contributed by atoms with Gasteiger partial charge in [0.05, 0.1) is 24.0 Å². The van der Waals surface area contributed by atoms with Gasteiger partial charge in [0.25, 0.3) is 0 Å². The molecular formula is C14H12FN3. The van der Waals surface area contributed by atoms with Gasteiger partial charge in [0.15, 0.2) is 0 Å². The lowest BCUT2D eigenvalue weighted by molar-refractivity contribution is 0.624. The van der Waals surface area contributed by atoms with Gasteiger partial charge in [-0.15, -0.1) is 0 Å². The first-order valence-electron chi connectivity index (χ1n) is 5.48.